The van der Waals surface area contributed by atoms with Gasteiger partial charge < -0.3 is 16.8 Å². The predicted octanol–water partition coefficient (Wildman–Crippen LogP) is 1.83. The minimum absolute atomic E-state index is 0. The number of aromatic nitrogens is 1. The molecule has 1 amide bonds. The number of carbonyl (C=O) groups excluding carboxylic acids is 1. The zero-order chi connectivity index (χ0) is 15.2. The number of nitrogen functional groups attached to an aromatic ring is 1. The van der Waals surface area contributed by atoms with Gasteiger partial charge in [-0.1, -0.05) is 18.2 Å². The quantitative estimate of drug-likeness (QED) is 0.757. The fourth-order valence-corrected chi connectivity index (χ4v) is 1.83. The molecule has 1 atom stereocenters. The van der Waals surface area contributed by atoms with Crippen molar-refractivity contribution in [2.45, 2.75) is 19.0 Å². The van der Waals surface area contributed by atoms with Crippen molar-refractivity contribution < 1.29 is 9.18 Å². The normalized spacial score (nSPS) is 10.9. The van der Waals surface area contributed by atoms with Crippen LogP contribution in [0, 0.1) is 5.82 Å². The molecule has 5 N–H and O–H groups in total. The Hall–Kier alpha value is -1.89. The number of nitrogens with zero attached hydrogens (tertiary/aromatic N) is 1. The Bertz CT molecular complexity index is 608. The molecular weight excluding hydrogens is 342 g/mol. The summed E-state index contributed by atoms with van der Waals surface area (Å²) in [6.07, 6.45) is 1.95. The van der Waals surface area contributed by atoms with Crippen molar-refractivity contribution >= 4 is 36.5 Å². The molecule has 0 fully saturated rings. The monoisotopic (exact) mass is 360 g/mol. The summed E-state index contributed by atoms with van der Waals surface area (Å²) < 4.78 is 12.8. The number of anilines is 1. The Balaban J connectivity index is 0.00000242. The van der Waals surface area contributed by atoms with Crippen molar-refractivity contribution in [3.8, 4) is 0 Å². The SMILES string of the molecule is Cl.Cl.Nc1ccc(CNC(=O)C(N)Cc2ccc(F)cc2)cn1. The summed E-state index contributed by atoms with van der Waals surface area (Å²) in [7, 11) is 0. The molecule has 2 rings (SSSR count). The third kappa shape index (κ3) is 6.81. The van der Waals surface area contributed by atoms with Gasteiger partial charge in [-0.05, 0) is 35.7 Å². The molecule has 8 heteroatoms. The summed E-state index contributed by atoms with van der Waals surface area (Å²) >= 11 is 0. The van der Waals surface area contributed by atoms with Crippen molar-refractivity contribution in [3.05, 3.63) is 59.5 Å². The van der Waals surface area contributed by atoms with Crippen molar-refractivity contribution in [1.82, 2.24) is 10.3 Å². The van der Waals surface area contributed by atoms with Crippen LogP contribution in [-0.4, -0.2) is 16.9 Å². The summed E-state index contributed by atoms with van der Waals surface area (Å²) in [6, 6.07) is 8.70. The molecule has 23 heavy (non-hydrogen) atoms. The average molecular weight is 361 g/mol. The van der Waals surface area contributed by atoms with E-state index in [9.17, 15) is 9.18 Å². The van der Waals surface area contributed by atoms with Gasteiger partial charge in [0, 0.05) is 12.7 Å². The molecule has 0 saturated heterocycles. The molecule has 0 aliphatic heterocycles. The number of rotatable bonds is 5. The molecule has 0 aliphatic carbocycles. The van der Waals surface area contributed by atoms with E-state index in [0.29, 0.717) is 18.8 Å². The van der Waals surface area contributed by atoms with Crippen LogP contribution in [0.3, 0.4) is 0 Å². The molecule has 0 spiro atoms. The second-order valence-corrected chi connectivity index (χ2v) is 4.75. The highest BCUT2D eigenvalue weighted by Crippen LogP contribution is 2.05. The van der Waals surface area contributed by atoms with Gasteiger partial charge in [0.2, 0.25) is 5.91 Å². The number of nitrogens with one attached hydrogen (secondary N) is 1. The lowest BCUT2D eigenvalue weighted by Crippen LogP contribution is -2.41. The maximum atomic E-state index is 12.8. The van der Waals surface area contributed by atoms with Crippen molar-refractivity contribution in [2.24, 2.45) is 5.73 Å². The van der Waals surface area contributed by atoms with E-state index in [2.05, 4.69) is 10.3 Å². The number of amides is 1. The van der Waals surface area contributed by atoms with Crippen LogP contribution in [0.15, 0.2) is 42.6 Å². The standard InChI is InChI=1S/C15H17FN4O.2ClH/c16-12-4-1-10(2-5-12)7-13(17)15(21)20-9-11-3-6-14(18)19-8-11;;/h1-6,8,13H,7,9,17H2,(H2,18,19)(H,20,21);2*1H. The first-order valence-electron chi connectivity index (χ1n) is 6.53. The molecule has 0 bridgehead atoms. The van der Waals surface area contributed by atoms with Gasteiger partial charge in [0.15, 0.2) is 0 Å². The topological polar surface area (TPSA) is 94.0 Å². The minimum atomic E-state index is -0.683. The number of hydrogen-bond donors (Lipinski definition) is 3. The van der Waals surface area contributed by atoms with Gasteiger partial charge in [-0.25, -0.2) is 9.37 Å². The number of carbonyl (C=O) groups is 1. The highest BCUT2D eigenvalue weighted by atomic mass is 35.5. The fourth-order valence-electron chi connectivity index (χ4n) is 1.83. The third-order valence-electron chi connectivity index (χ3n) is 3.02. The Labute approximate surface area is 146 Å². The molecule has 0 aliphatic rings. The lowest BCUT2D eigenvalue weighted by Gasteiger charge is -2.12. The number of benzene rings is 1. The zero-order valence-corrected chi connectivity index (χ0v) is 13.9. The Morgan fingerprint density at radius 1 is 1.13 bits per heavy atom. The number of hydrogen-bond acceptors (Lipinski definition) is 4. The second-order valence-electron chi connectivity index (χ2n) is 4.75. The molecule has 126 valence electrons. The van der Waals surface area contributed by atoms with Gasteiger partial charge in [0.25, 0.3) is 0 Å². The van der Waals surface area contributed by atoms with Gasteiger partial charge in [-0.15, -0.1) is 24.8 Å². The van der Waals surface area contributed by atoms with Crippen LogP contribution >= 0.6 is 24.8 Å². The van der Waals surface area contributed by atoms with Crippen LogP contribution < -0.4 is 16.8 Å². The van der Waals surface area contributed by atoms with Gasteiger partial charge in [-0.3, -0.25) is 4.79 Å². The summed E-state index contributed by atoms with van der Waals surface area (Å²) in [6.45, 7) is 0.337. The summed E-state index contributed by atoms with van der Waals surface area (Å²) in [5.41, 5.74) is 13.0. The first kappa shape index (κ1) is 21.1. The van der Waals surface area contributed by atoms with E-state index in [0.717, 1.165) is 11.1 Å². The Kier molecular flexibility index (Phi) is 9.17. The van der Waals surface area contributed by atoms with Crippen LogP contribution in [0.1, 0.15) is 11.1 Å². The molecule has 0 radical (unpaired) electrons. The van der Waals surface area contributed by atoms with Crippen LogP contribution in [0.5, 0.6) is 0 Å². The Morgan fingerprint density at radius 3 is 2.30 bits per heavy atom. The molecule has 2 aromatic rings. The fraction of sp³-hybridized carbons (Fsp3) is 0.200. The summed E-state index contributed by atoms with van der Waals surface area (Å²) in [4.78, 5) is 15.8. The zero-order valence-electron chi connectivity index (χ0n) is 12.2. The van der Waals surface area contributed by atoms with E-state index in [1.807, 2.05) is 0 Å². The molecule has 1 aromatic carbocycles. The summed E-state index contributed by atoms with van der Waals surface area (Å²) in [5, 5.41) is 2.73. The maximum Gasteiger partial charge on any atom is 0.237 e. The largest absolute Gasteiger partial charge is 0.384 e. The highest BCUT2D eigenvalue weighted by molar-refractivity contribution is 5.85. The molecule has 0 saturated carbocycles. The van der Waals surface area contributed by atoms with Crippen LogP contribution in [-0.2, 0) is 17.8 Å². The smallest absolute Gasteiger partial charge is 0.237 e. The van der Waals surface area contributed by atoms with Crippen molar-refractivity contribution in [1.29, 1.82) is 0 Å². The molecule has 1 aromatic heterocycles. The number of halogens is 3. The van der Waals surface area contributed by atoms with E-state index < -0.39 is 6.04 Å². The van der Waals surface area contributed by atoms with E-state index in [-0.39, 0.29) is 36.5 Å². The molecular formula is C15H19Cl2FN4O. The van der Waals surface area contributed by atoms with E-state index in [4.69, 9.17) is 11.5 Å². The average Bonchev–Trinajstić information content (AvgIpc) is 2.48. The van der Waals surface area contributed by atoms with Gasteiger partial charge in [0.05, 0.1) is 6.04 Å². The van der Waals surface area contributed by atoms with Crippen LogP contribution in [0.2, 0.25) is 0 Å². The lowest BCUT2D eigenvalue weighted by molar-refractivity contribution is -0.122. The molecule has 1 heterocycles. The van der Waals surface area contributed by atoms with Crippen molar-refractivity contribution in [2.75, 3.05) is 5.73 Å². The number of nitrogens with two attached hydrogens (primary N) is 2. The van der Waals surface area contributed by atoms with Crippen LogP contribution in [0.25, 0.3) is 0 Å². The number of pyridine rings is 1. The lowest BCUT2D eigenvalue weighted by atomic mass is 10.1. The third-order valence-corrected chi connectivity index (χ3v) is 3.02. The second kappa shape index (κ2) is 9.99. The van der Waals surface area contributed by atoms with E-state index in [1.165, 1.54) is 12.1 Å². The van der Waals surface area contributed by atoms with Gasteiger partial charge >= 0.3 is 0 Å². The molecule has 5 nitrogen and oxygen atoms in total. The molecule has 1 unspecified atom stereocenters. The van der Waals surface area contributed by atoms with Gasteiger partial charge in [-0.2, -0.15) is 0 Å². The first-order valence-corrected chi connectivity index (χ1v) is 6.53. The van der Waals surface area contributed by atoms with E-state index >= 15 is 0 Å². The summed E-state index contributed by atoms with van der Waals surface area (Å²) in [5.74, 6) is -0.151. The predicted molar refractivity (Wildman–Crippen MR) is 93.1 cm³/mol. The maximum absolute atomic E-state index is 12.8. The highest BCUT2D eigenvalue weighted by Gasteiger charge is 2.13. The minimum Gasteiger partial charge on any atom is -0.384 e. The van der Waals surface area contributed by atoms with Crippen LogP contribution in [0.4, 0.5) is 10.2 Å². The first-order chi connectivity index (χ1) is 10.0. The Morgan fingerprint density at radius 2 is 1.74 bits per heavy atom. The van der Waals surface area contributed by atoms with Gasteiger partial charge in [0.1, 0.15) is 11.6 Å². The van der Waals surface area contributed by atoms with E-state index in [1.54, 1.807) is 30.5 Å². The van der Waals surface area contributed by atoms with Crippen molar-refractivity contribution in [3.63, 3.8) is 0 Å².